The molecular weight excluding hydrogens is 272 g/mol. The largest absolute Gasteiger partial charge is 0.379 e. The van der Waals surface area contributed by atoms with Crippen molar-refractivity contribution in [1.29, 1.82) is 0 Å². The molecule has 4 heteroatoms. The second-order valence-corrected chi connectivity index (χ2v) is 6.00. The summed E-state index contributed by atoms with van der Waals surface area (Å²) in [4.78, 5) is 6.80. The van der Waals surface area contributed by atoms with Gasteiger partial charge in [0.25, 0.3) is 0 Å². The van der Waals surface area contributed by atoms with Crippen LogP contribution >= 0.6 is 0 Å². The van der Waals surface area contributed by atoms with Gasteiger partial charge in [-0.2, -0.15) is 0 Å². The third kappa shape index (κ3) is 2.46. The molecule has 0 radical (unpaired) electrons. The number of imidazole rings is 1. The monoisotopic (exact) mass is 292 g/mol. The summed E-state index contributed by atoms with van der Waals surface area (Å²) < 4.78 is 2.12. The van der Waals surface area contributed by atoms with E-state index in [4.69, 9.17) is 0 Å². The summed E-state index contributed by atoms with van der Waals surface area (Å²) in [6.07, 6.45) is 5.15. The highest BCUT2D eigenvalue weighted by Gasteiger charge is 2.13. The minimum Gasteiger partial charge on any atom is -0.379 e. The summed E-state index contributed by atoms with van der Waals surface area (Å²) in [6.45, 7) is 2.97. The molecule has 1 aromatic carbocycles. The number of hydrogen-bond donors (Lipinski definition) is 1. The Morgan fingerprint density at radius 1 is 1.18 bits per heavy atom. The van der Waals surface area contributed by atoms with Gasteiger partial charge in [0.15, 0.2) is 0 Å². The van der Waals surface area contributed by atoms with Gasteiger partial charge < -0.3 is 14.6 Å². The maximum Gasteiger partial charge on any atom is 0.136 e. The number of fused-ring (bicyclic) bond motifs is 2. The number of anilines is 1. The SMILES string of the molecule is CN1CCc2ccc(NCc3cnc4ccccn34)cc2C1. The molecule has 2 aromatic heterocycles. The molecule has 112 valence electrons. The van der Waals surface area contributed by atoms with Crippen molar-refractivity contribution in [3.05, 3.63) is 65.6 Å². The van der Waals surface area contributed by atoms with Crippen LogP contribution in [0.4, 0.5) is 5.69 Å². The first-order valence-corrected chi connectivity index (χ1v) is 7.75. The van der Waals surface area contributed by atoms with Crippen molar-refractivity contribution in [3.63, 3.8) is 0 Å². The van der Waals surface area contributed by atoms with Crippen molar-refractivity contribution < 1.29 is 0 Å². The van der Waals surface area contributed by atoms with Gasteiger partial charge in [-0.3, -0.25) is 0 Å². The van der Waals surface area contributed by atoms with E-state index in [1.165, 1.54) is 22.5 Å². The minimum absolute atomic E-state index is 0.778. The lowest BCUT2D eigenvalue weighted by atomic mass is 9.99. The smallest absolute Gasteiger partial charge is 0.136 e. The average Bonchev–Trinajstić information content (AvgIpc) is 2.96. The van der Waals surface area contributed by atoms with Crippen LogP contribution in [0.5, 0.6) is 0 Å². The Balaban J connectivity index is 1.53. The van der Waals surface area contributed by atoms with Crippen LogP contribution in [0.1, 0.15) is 16.8 Å². The van der Waals surface area contributed by atoms with Gasteiger partial charge >= 0.3 is 0 Å². The molecule has 0 aliphatic carbocycles. The fourth-order valence-electron chi connectivity index (χ4n) is 3.12. The predicted octanol–water partition coefficient (Wildman–Crippen LogP) is 2.93. The molecule has 3 heterocycles. The van der Waals surface area contributed by atoms with Gasteiger partial charge in [0.2, 0.25) is 0 Å². The van der Waals surface area contributed by atoms with Crippen molar-refractivity contribution in [2.45, 2.75) is 19.5 Å². The number of benzene rings is 1. The molecule has 0 unspecified atom stereocenters. The first-order valence-electron chi connectivity index (χ1n) is 7.75. The van der Waals surface area contributed by atoms with Gasteiger partial charge in [-0.25, -0.2) is 4.98 Å². The maximum atomic E-state index is 4.43. The zero-order chi connectivity index (χ0) is 14.9. The van der Waals surface area contributed by atoms with Gasteiger partial charge in [-0.05, 0) is 48.9 Å². The summed E-state index contributed by atoms with van der Waals surface area (Å²) in [7, 11) is 2.18. The third-order valence-electron chi connectivity index (χ3n) is 4.38. The van der Waals surface area contributed by atoms with Crippen LogP contribution < -0.4 is 5.32 Å². The normalized spacial score (nSPS) is 15.0. The van der Waals surface area contributed by atoms with Gasteiger partial charge in [-0.1, -0.05) is 12.1 Å². The Bertz CT molecular complexity index is 806. The lowest BCUT2D eigenvalue weighted by Crippen LogP contribution is -2.26. The van der Waals surface area contributed by atoms with Gasteiger partial charge in [0, 0.05) is 25.0 Å². The summed E-state index contributed by atoms with van der Waals surface area (Å²) in [5.74, 6) is 0. The van der Waals surface area contributed by atoms with E-state index in [-0.39, 0.29) is 0 Å². The number of rotatable bonds is 3. The van der Waals surface area contributed by atoms with Crippen molar-refractivity contribution in [1.82, 2.24) is 14.3 Å². The van der Waals surface area contributed by atoms with Gasteiger partial charge in [-0.15, -0.1) is 0 Å². The molecule has 0 spiro atoms. The molecule has 0 saturated heterocycles. The summed E-state index contributed by atoms with van der Waals surface area (Å²) in [5, 5.41) is 3.52. The van der Waals surface area contributed by atoms with Crippen LogP contribution in [-0.4, -0.2) is 27.9 Å². The third-order valence-corrected chi connectivity index (χ3v) is 4.38. The highest BCUT2D eigenvalue weighted by Crippen LogP contribution is 2.22. The van der Waals surface area contributed by atoms with E-state index >= 15 is 0 Å². The molecule has 0 atom stereocenters. The Labute approximate surface area is 130 Å². The predicted molar refractivity (Wildman–Crippen MR) is 89.0 cm³/mol. The number of likely N-dealkylation sites (N-methyl/N-ethyl adjacent to an activating group) is 1. The first-order chi connectivity index (χ1) is 10.8. The summed E-state index contributed by atoms with van der Waals surface area (Å²) in [5.41, 5.74) is 6.27. The molecule has 0 saturated carbocycles. The highest BCUT2D eigenvalue weighted by molar-refractivity contribution is 5.50. The number of pyridine rings is 1. The van der Waals surface area contributed by atoms with E-state index in [0.29, 0.717) is 0 Å². The quantitative estimate of drug-likeness (QED) is 0.805. The molecule has 1 aliphatic rings. The van der Waals surface area contributed by atoms with E-state index in [9.17, 15) is 0 Å². The Kier molecular flexibility index (Phi) is 3.31. The molecule has 4 nitrogen and oxygen atoms in total. The second kappa shape index (κ2) is 5.46. The van der Waals surface area contributed by atoms with Gasteiger partial charge in [0.1, 0.15) is 5.65 Å². The minimum atomic E-state index is 0.778. The molecule has 22 heavy (non-hydrogen) atoms. The lowest BCUT2D eigenvalue weighted by Gasteiger charge is -2.25. The number of hydrogen-bond acceptors (Lipinski definition) is 3. The molecule has 1 N–H and O–H groups in total. The van der Waals surface area contributed by atoms with Crippen LogP contribution in [0.25, 0.3) is 5.65 Å². The lowest BCUT2D eigenvalue weighted by molar-refractivity contribution is 0.313. The molecule has 3 aromatic rings. The molecule has 4 rings (SSSR count). The van der Waals surface area contributed by atoms with Crippen LogP contribution in [0.3, 0.4) is 0 Å². The zero-order valence-corrected chi connectivity index (χ0v) is 12.8. The Morgan fingerprint density at radius 2 is 2.14 bits per heavy atom. The van der Waals surface area contributed by atoms with Crippen LogP contribution in [-0.2, 0) is 19.5 Å². The van der Waals surface area contributed by atoms with E-state index in [0.717, 1.165) is 31.7 Å². The highest BCUT2D eigenvalue weighted by atomic mass is 15.1. The van der Waals surface area contributed by atoms with E-state index in [1.54, 1.807) is 0 Å². The zero-order valence-electron chi connectivity index (χ0n) is 12.8. The molecule has 0 bridgehead atoms. The average molecular weight is 292 g/mol. The van der Waals surface area contributed by atoms with Crippen molar-refractivity contribution in [2.75, 3.05) is 18.9 Å². The number of aromatic nitrogens is 2. The standard InChI is InChI=1S/C18H20N4/c1-21-9-7-14-5-6-16(10-15(14)13-21)19-11-17-12-20-18-4-2-3-8-22(17)18/h2-6,8,10,12,19H,7,9,11,13H2,1H3. The van der Waals surface area contributed by atoms with Crippen LogP contribution in [0.15, 0.2) is 48.8 Å². The van der Waals surface area contributed by atoms with Gasteiger partial charge in [0.05, 0.1) is 18.4 Å². The fourth-order valence-corrected chi connectivity index (χ4v) is 3.12. The molecular formula is C18H20N4. The molecule has 1 aliphatic heterocycles. The maximum absolute atomic E-state index is 4.43. The number of nitrogens with one attached hydrogen (secondary N) is 1. The Morgan fingerprint density at radius 3 is 3.09 bits per heavy atom. The van der Waals surface area contributed by atoms with E-state index in [2.05, 4.69) is 51.0 Å². The van der Waals surface area contributed by atoms with Crippen LogP contribution in [0, 0.1) is 0 Å². The van der Waals surface area contributed by atoms with E-state index < -0.39 is 0 Å². The van der Waals surface area contributed by atoms with Crippen LogP contribution in [0.2, 0.25) is 0 Å². The first kappa shape index (κ1) is 13.3. The fraction of sp³-hybridized carbons (Fsp3) is 0.278. The van der Waals surface area contributed by atoms with Crippen molar-refractivity contribution >= 4 is 11.3 Å². The second-order valence-electron chi connectivity index (χ2n) is 6.00. The Hall–Kier alpha value is -2.33. The van der Waals surface area contributed by atoms with Crippen molar-refractivity contribution in [3.8, 4) is 0 Å². The summed E-state index contributed by atoms with van der Waals surface area (Å²) >= 11 is 0. The molecule has 0 amide bonds. The number of nitrogens with zero attached hydrogens (tertiary/aromatic N) is 3. The van der Waals surface area contributed by atoms with Crippen molar-refractivity contribution in [2.24, 2.45) is 0 Å². The topological polar surface area (TPSA) is 32.6 Å². The molecule has 0 fully saturated rings. The summed E-state index contributed by atoms with van der Waals surface area (Å²) in [6, 6.07) is 12.8. The van der Waals surface area contributed by atoms with E-state index in [1.807, 2.05) is 24.4 Å².